The highest BCUT2D eigenvalue weighted by molar-refractivity contribution is 9.10. The average molecular weight is 432 g/mol. The van der Waals surface area contributed by atoms with E-state index in [0.29, 0.717) is 12.4 Å². The molecule has 2 aromatic rings. The molecule has 0 aliphatic carbocycles. The molecule has 2 heterocycles. The van der Waals surface area contributed by atoms with Crippen LogP contribution in [0.4, 0.5) is 11.6 Å². The second-order valence-corrected chi connectivity index (χ2v) is 7.08. The van der Waals surface area contributed by atoms with Gasteiger partial charge in [0.2, 0.25) is 5.95 Å². The predicted octanol–water partition coefficient (Wildman–Crippen LogP) is 3.21. The van der Waals surface area contributed by atoms with Gasteiger partial charge in [0.1, 0.15) is 0 Å². The number of carboxylic acids is 2. The average Bonchev–Trinajstić information content (AvgIpc) is 3.05. The molecule has 0 bridgehead atoms. The predicted molar refractivity (Wildman–Crippen MR) is 103 cm³/mol. The number of allylic oxidation sites excluding steroid dienone is 2. The fourth-order valence-corrected chi connectivity index (χ4v) is 3.69. The van der Waals surface area contributed by atoms with Gasteiger partial charge in [-0.1, -0.05) is 28.1 Å². The molecule has 8 heteroatoms. The third-order valence-electron chi connectivity index (χ3n) is 4.37. The number of fused-ring (bicyclic) bond motifs is 1. The molecular formula is C19H18BrN3O4. The molecule has 1 aliphatic heterocycles. The molecule has 2 N–H and O–H groups in total. The lowest BCUT2D eigenvalue weighted by Gasteiger charge is -2.20. The number of anilines is 2. The maximum Gasteiger partial charge on any atom is 0.318 e. The number of carboxylic acid groups (broad SMARTS) is 2. The molecule has 0 unspecified atom stereocenters. The Morgan fingerprint density at radius 3 is 2.56 bits per heavy atom. The first-order chi connectivity index (χ1) is 13.0. The summed E-state index contributed by atoms with van der Waals surface area (Å²) in [5, 5.41) is 17.9. The maximum atomic E-state index is 11.0. The fraction of sp³-hybridized carbons (Fsp3) is 0.263. The third-order valence-corrected chi connectivity index (χ3v) is 4.83. The SMILES string of the molecule is O=C(O)C(CC=CCc1cc(Br)cc2c1N(c1ncccn1)CC2)C(=O)O. The van der Waals surface area contributed by atoms with Crippen LogP contribution < -0.4 is 4.90 Å². The van der Waals surface area contributed by atoms with Crippen molar-refractivity contribution in [1.82, 2.24) is 9.97 Å². The molecule has 1 aromatic heterocycles. The molecule has 0 saturated heterocycles. The van der Waals surface area contributed by atoms with Crippen molar-refractivity contribution in [3.8, 4) is 0 Å². The fourth-order valence-electron chi connectivity index (χ4n) is 3.13. The Morgan fingerprint density at radius 2 is 1.89 bits per heavy atom. The van der Waals surface area contributed by atoms with Crippen molar-refractivity contribution in [2.24, 2.45) is 5.92 Å². The Labute approximate surface area is 164 Å². The summed E-state index contributed by atoms with van der Waals surface area (Å²) in [5.74, 6) is -3.45. The summed E-state index contributed by atoms with van der Waals surface area (Å²) in [4.78, 5) is 32.7. The first-order valence-electron chi connectivity index (χ1n) is 8.44. The van der Waals surface area contributed by atoms with E-state index in [1.165, 1.54) is 5.56 Å². The number of rotatable bonds is 7. The van der Waals surface area contributed by atoms with Gasteiger partial charge in [0.15, 0.2) is 5.92 Å². The van der Waals surface area contributed by atoms with Crippen molar-refractivity contribution in [2.45, 2.75) is 19.3 Å². The molecule has 1 aromatic carbocycles. The van der Waals surface area contributed by atoms with Gasteiger partial charge in [-0.15, -0.1) is 0 Å². The van der Waals surface area contributed by atoms with E-state index in [1.54, 1.807) is 24.5 Å². The molecule has 3 rings (SSSR count). The minimum absolute atomic E-state index is 0.0492. The van der Waals surface area contributed by atoms with Gasteiger partial charge >= 0.3 is 11.9 Å². The molecule has 0 amide bonds. The normalized spacial score (nSPS) is 13.3. The van der Waals surface area contributed by atoms with E-state index in [-0.39, 0.29) is 6.42 Å². The zero-order valence-electron chi connectivity index (χ0n) is 14.4. The summed E-state index contributed by atoms with van der Waals surface area (Å²) < 4.78 is 0.967. The highest BCUT2D eigenvalue weighted by Crippen LogP contribution is 2.38. The number of aromatic nitrogens is 2. The highest BCUT2D eigenvalue weighted by Gasteiger charge is 2.26. The number of carbonyl (C=O) groups is 2. The van der Waals surface area contributed by atoms with E-state index < -0.39 is 17.9 Å². The summed E-state index contributed by atoms with van der Waals surface area (Å²) in [6.45, 7) is 0.784. The van der Waals surface area contributed by atoms with E-state index in [2.05, 4.69) is 36.9 Å². The molecule has 7 nitrogen and oxygen atoms in total. The van der Waals surface area contributed by atoms with Crippen LogP contribution in [0.3, 0.4) is 0 Å². The summed E-state index contributed by atoms with van der Waals surface area (Å²) in [6, 6.07) is 5.86. The number of hydrogen-bond acceptors (Lipinski definition) is 5. The minimum atomic E-state index is -1.43. The smallest absolute Gasteiger partial charge is 0.318 e. The molecule has 1 aliphatic rings. The van der Waals surface area contributed by atoms with Crippen LogP contribution in [0.1, 0.15) is 17.5 Å². The second-order valence-electron chi connectivity index (χ2n) is 6.16. The molecule has 27 heavy (non-hydrogen) atoms. The molecule has 0 fully saturated rings. The van der Waals surface area contributed by atoms with Crippen molar-refractivity contribution in [3.63, 3.8) is 0 Å². The molecule has 0 atom stereocenters. The largest absolute Gasteiger partial charge is 0.481 e. The van der Waals surface area contributed by atoms with Crippen LogP contribution in [0.25, 0.3) is 0 Å². The first kappa shape index (κ1) is 19.0. The van der Waals surface area contributed by atoms with Gasteiger partial charge in [0.25, 0.3) is 0 Å². The monoisotopic (exact) mass is 431 g/mol. The van der Waals surface area contributed by atoms with Crippen LogP contribution in [0.5, 0.6) is 0 Å². The summed E-state index contributed by atoms with van der Waals surface area (Å²) in [6.07, 6.45) is 8.21. The topological polar surface area (TPSA) is 104 Å². The number of aliphatic carboxylic acids is 2. The lowest BCUT2D eigenvalue weighted by molar-refractivity contribution is -0.154. The van der Waals surface area contributed by atoms with Gasteiger partial charge in [-0.05, 0) is 48.6 Å². The van der Waals surface area contributed by atoms with Crippen LogP contribution >= 0.6 is 15.9 Å². The van der Waals surface area contributed by atoms with E-state index in [4.69, 9.17) is 10.2 Å². The lowest BCUT2D eigenvalue weighted by Crippen LogP contribution is -2.22. The van der Waals surface area contributed by atoms with Gasteiger partial charge in [0, 0.05) is 23.4 Å². The molecule has 0 saturated carbocycles. The van der Waals surface area contributed by atoms with E-state index in [0.717, 1.165) is 28.7 Å². The number of halogens is 1. The third kappa shape index (κ3) is 4.33. The second kappa shape index (κ2) is 8.30. The number of hydrogen-bond donors (Lipinski definition) is 2. The van der Waals surface area contributed by atoms with Crippen LogP contribution in [-0.2, 0) is 22.4 Å². The Hall–Kier alpha value is -2.74. The maximum absolute atomic E-state index is 11.0. The molecular weight excluding hydrogens is 414 g/mol. The van der Waals surface area contributed by atoms with Crippen LogP contribution in [0.2, 0.25) is 0 Å². The standard InChI is InChI=1S/C19H18BrN3O4/c20-14-10-12(4-1-2-5-15(17(24)25)18(26)27)16-13(11-14)6-9-23(16)19-21-7-3-8-22-19/h1-3,7-8,10-11,15H,4-6,9H2,(H,24,25)(H,26,27). The zero-order chi connectivity index (χ0) is 19.4. The van der Waals surface area contributed by atoms with Crippen molar-refractivity contribution < 1.29 is 19.8 Å². The van der Waals surface area contributed by atoms with Gasteiger partial charge in [0.05, 0.1) is 5.69 Å². The first-order valence-corrected chi connectivity index (χ1v) is 9.23. The Kier molecular flexibility index (Phi) is 5.85. The highest BCUT2D eigenvalue weighted by atomic mass is 79.9. The van der Waals surface area contributed by atoms with E-state index in [1.807, 2.05) is 12.1 Å². The van der Waals surface area contributed by atoms with Gasteiger partial charge in [-0.3, -0.25) is 9.59 Å². The van der Waals surface area contributed by atoms with Crippen molar-refractivity contribution in [1.29, 1.82) is 0 Å². The summed E-state index contributed by atoms with van der Waals surface area (Å²) in [7, 11) is 0. The van der Waals surface area contributed by atoms with E-state index >= 15 is 0 Å². The lowest BCUT2D eigenvalue weighted by atomic mass is 10.0. The van der Waals surface area contributed by atoms with Crippen LogP contribution in [-0.4, -0.2) is 38.7 Å². The summed E-state index contributed by atoms with van der Waals surface area (Å²) in [5.41, 5.74) is 3.29. The van der Waals surface area contributed by atoms with Crippen LogP contribution in [0.15, 0.2) is 47.2 Å². The Morgan fingerprint density at radius 1 is 1.19 bits per heavy atom. The minimum Gasteiger partial charge on any atom is -0.481 e. The Balaban J connectivity index is 1.82. The Bertz CT molecular complexity index is 872. The quantitative estimate of drug-likeness (QED) is 0.512. The number of benzene rings is 1. The molecule has 0 spiro atoms. The van der Waals surface area contributed by atoms with Gasteiger partial charge in [-0.25, -0.2) is 9.97 Å². The van der Waals surface area contributed by atoms with Crippen molar-refractivity contribution in [3.05, 3.63) is 58.3 Å². The molecule has 0 radical (unpaired) electrons. The summed E-state index contributed by atoms with van der Waals surface area (Å²) >= 11 is 3.53. The van der Waals surface area contributed by atoms with E-state index in [9.17, 15) is 9.59 Å². The van der Waals surface area contributed by atoms with Crippen LogP contribution in [0, 0.1) is 5.92 Å². The van der Waals surface area contributed by atoms with Crippen molar-refractivity contribution in [2.75, 3.05) is 11.4 Å². The van der Waals surface area contributed by atoms with Crippen molar-refractivity contribution >= 4 is 39.5 Å². The van der Waals surface area contributed by atoms with Gasteiger partial charge in [-0.2, -0.15) is 0 Å². The molecule has 140 valence electrons. The number of nitrogens with zero attached hydrogens (tertiary/aromatic N) is 3. The zero-order valence-corrected chi connectivity index (χ0v) is 16.0. The van der Waals surface area contributed by atoms with Gasteiger partial charge < -0.3 is 15.1 Å².